The number of nitrogens with two attached hydrogens (primary N) is 3. The lowest BCUT2D eigenvalue weighted by Gasteiger charge is -2.40. The van der Waals surface area contributed by atoms with Crippen LogP contribution in [0.25, 0.3) is 0 Å². The van der Waals surface area contributed by atoms with E-state index in [4.69, 9.17) is 32.1 Å². The average Bonchev–Trinajstić information content (AvgIpc) is 2.95. The minimum atomic E-state index is -1.66. The first-order chi connectivity index (χ1) is 19.2. The minimum absolute atomic E-state index is 0.0298. The quantitative estimate of drug-likeness (QED) is 0.0573. The van der Waals surface area contributed by atoms with E-state index in [0.717, 1.165) is 24.0 Å². The number of esters is 2. The summed E-state index contributed by atoms with van der Waals surface area (Å²) in [7, 11) is 0. The third-order valence-electron chi connectivity index (χ3n) is 6.30. The lowest BCUT2D eigenvalue weighted by Crippen LogP contribution is -2.62. The predicted octanol–water partition coefficient (Wildman–Crippen LogP) is 2.89. The summed E-state index contributed by atoms with van der Waals surface area (Å²) in [6, 6.07) is 18.7. The van der Waals surface area contributed by atoms with Crippen LogP contribution in [0.1, 0.15) is 57.1 Å². The maximum Gasteiger partial charge on any atom is 0.338 e. The lowest BCUT2D eigenvalue weighted by molar-refractivity contribution is -0.178. The van der Waals surface area contributed by atoms with Crippen LogP contribution in [0.2, 0.25) is 0 Å². The molecular formula is C29H43N7O4. The van der Waals surface area contributed by atoms with Crippen LogP contribution in [0.4, 0.5) is 0 Å². The first-order valence-corrected chi connectivity index (χ1v) is 13.6. The molecule has 2 aromatic rings. The number of hydrogen-bond acceptors (Lipinski definition) is 7. The Morgan fingerprint density at radius 3 is 1.68 bits per heavy atom. The molecule has 11 heteroatoms. The number of ether oxygens (including phenoxy) is 2. The molecule has 0 radical (unpaired) electrons. The molecule has 0 saturated heterocycles. The molecule has 0 bridgehead atoms. The van der Waals surface area contributed by atoms with Gasteiger partial charge in [0.15, 0.2) is 0 Å². The molecule has 2 rings (SSSR count). The van der Waals surface area contributed by atoms with E-state index in [1.165, 1.54) is 5.01 Å². The highest BCUT2D eigenvalue weighted by atomic mass is 16.6. The summed E-state index contributed by atoms with van der Waals surface area (Å²) in [6.07, 6.45) is 2.45. The minimum Gasteiger partial charge on any atom is -0.459 e. The second kappa shape index (κ2) is 16.8. The molecule has 0 aliphatic heterocycles. The van der Waals surface area contributed by atoms with E-state index in [9.17, 15) is 9.59 Å². The van der Waals surface area contributed by atoms with Gasteiger partial charge in [-0.25, -0.2) is 14.6 Å². The van der Waals surface area contributed by atoms with Crippen molar-refractivity contribution in [3.05, 3.63) is 71.8 Å². The van der Waals surface area contributed by atoms with E-state index in [1.807, 2.05) is 79.4 Å². The number of carbonyl (C=O) groups is 2. The number of guanidine groups is 2. The monoisotopic (exact) mass is 553 g/mol. The van der Waals surface area contributed by atoms with Crippen LogP contribution in [0.5, 0.6) is 0 Å². The van der Waals surface area contributed by atoms with Crippen molar-refractivity contribution in [1.82, 2.24) is 9.91 Å². The fraction of sp³-hybridized carbons (Fsp3) is 0.448. The van der Waals surface area contributed by atoms with E-state index < -0.39 is 17.5 Å². The van der Waals surface area contributed by atoms with Crippen LogP contribution in [0.3, 0.4) is 0 Å². The number of hydrazone groups is 1. The van der Waals surface area contributed by atoms with Crippen molar-refractivity contribution in [2.75, 3.05) is 19.6 Å². The van der Waals surface area contributed by atoms with E-state index in [1.54, 1.807) is 0 Å². The summed E-state index contributed by atoms with van der Waals surface area (Å²) in [5.41, 5.74) is 16.5. The molecule has 0 aliphatic rings. The van der Waals surface area contributed by atoms with Crippen molar-refractivity contribution in [1.29, 1.82) is 5.41 Å². The molecule has 11 nitrogen and oxygen atoms in total. The molecule has 0 saturated carbocycles. The normalized spacial score (nSPS) is 11.1. The second-order valence-corrected chi connectivity index (χ2v) is 9.46. The number of carbonyl (C=O) groups excluding carboxylic acids is 2. The first kappa shape index (κ1) is 32.1. The molecule has 218 valence electrons. The molecule has 0 heterocycles. The molecule has 7 N–H and O–H groups in total. The fourth-order valence-electron chi connectivity index (χ4n) is 4.43. The molecule has 0 aliphatic carbocycles. The number of unbranched alkanes of at least 4 members (excludes halogenated alkanes) is 1. The molecule has 2 aromatic carbocycles. The Labute approximate surface area is 236 Å². The van der Waals surface area contributed by atoms with Gasteiger partial charge in [-0.1, -0.05) is 74.5 Å². The average molecular weight is 554 g/mol. The van der Waals surface area contributed by atoms with Crippen LogP contribution in [0, 0.1) is 5.41 Å². The van der Waals surface area contributed by atoms with Crippen LogP contribution in [-0.4, -0.2) is 58.9 Å². The smallest absolute Gasteiger partial charge is 0.338 e. The summed E-state index contributed by atoms with van der Waals surface area (Å²) < 4.78 is 11.6. The molecule has 0 amide bonds. The van der Waals surface area contributed by atoms with Crippen LogP contribution in [-0.2, 0) is 32.3 Å². The molecule has 0 atom stereocenters. The zero-order valence-electron chi connectivity index (χ0n) is 23.6. The topological polar surface area (TPSA) is 173 Å². The third kappa shape index (κ3) is 9.57. The van der Waals surface area contributed by atoms with Gasteiger partial charge in [-0.2, -0.15) is 0 Å². The van der Waals surface area contributed by atoms with E-state index in [-0.39, 0.29) is 38.1 Å². The Bertz CT molecular complexity index is 1030. The molecule has 40 heavy (non-hydrogen) atoms. The van der Waals surface area contributed by atoms with Crippen LogP contribution >= 0.6 is 0 Å². The number of nitrogens with one attached hydrogen (secondary N) is 1. The van der Waals surface area contributed by atoms with Gasteiger partial charge >= 0.3 is 11.9 Å². The SMILES string of the molecule is CCCN(CCC)C(CCCCN(N=C(N)N)C(=N)N)(C(=O)OCc1ccccc1)C(=O)OCc1ccccc1. The number of nitrogens with zero attached hydrogens (tertiary/aromatic N) is 3. The van der Waals surface area contributed by atoms with E-state index in [2.05, 4.69) is 5.10 Å². The standard InChI is InChI=1S/C29H43N7O4/c1-3-18-35(19-4-2)29(25(37)39-21-23-13-7-5-8-14-23,26(38)40-22-24-15-9-6-10-16-24)17-11-12-20-36(28(32)33)34-27(30)31/h5-10,13-16H,3-4,11-12,17-22H2,1-2H3,(H3,32,33)(H4,30,31,34). The van der Waals surface area contributed by atoms with Gasteiger partial charge in [-0.3, -0.25) is 10.3 Å². The summed E-state index contributed by atoms with van der Waals surface area (Å²) in [4.78, 5) is 29.8. The van der Waals surface area contributed by atoms with Crippen LogP contribution < -0.4 is 17.2 Å². The van der Waals surface area contributed by atoms with Crippen molar-refractivity contribution >= 4 is 23.9 Å². The fourth-order valence-corrected chi connectivity index (χ4v) is 4.43. The summed E-state index contributed by atoms with van der Waals surface area (Å²) >= 11 is 0. The Balaban J connectivity index is 2.38. The Morgan fingerprint density at radius 1 is 0.800 bits per heavy atom. The van der Waals surface area contributed by atoms with Gasteiger partial charge in [0.25, 0.3) is 0 Å². The Hall–Kier alpha value is -4.12. The second-order valence-electron chi connectivity index (χ2n) is 9.46. The predicted molar refractivity (Wildman–Crippen MR) is 156 cm³/mol. The number of benzene rings is 2. The van der Waals surface area contributed by atoms with Gasteiger partial charge in [-0.15, -0.1) is 5.10 Å². The van der Waals surface area contributed by atoms with E-state index >= 15 is 0 Å². The van der Waals surface area contributed by atoms with Crippen molar-refractivity contribution in [3.8, 4) is 0 Å². The third-order valence-corrected chi connectivity index (χ3v) is 6.30. The van der Waals surface area contributed by atoms with Crippen molar-refractivity contribution in [2.45, 2.75) is 64.7 Å². The van der Waals surface area contributed by atoms with Crippen molar-refractivity contribution in [2.24, 2.45) is 22.3 Å². The van der Waals surface area contributed by atoms with Gasteiger partial charge in [0.2, 0.25) is 17.5 Å². The molecular weight excluding hydrogens is 510 g/mol. The van der Waals surface area contributed by atoms with Gasteiger partial charge in [0, 0.05) is 6.54 Å². The molecule has 0 spiro atoms. The first-order valence-electron chi connectivity index (χ1n) is 13.6. The highest BCUT2D eigenvalue weighted by molar-refractivity contribution is 6.05. The number of hydrogen-bond donors (Lipinski definition) is 4. The summed E-state index contributed by atoms with van der Waals surface area (Å²) in [5, 5.41) is 12.8. The number of rotatable bonds is 17. The largest absolute Gasteiger partial charge is 0.459 e. The maximum atomic E-state index is 14.0. The zero-order valence-corrected chi connectivity index (χ0v) is 23.6. The highest BCUT2D eigenvalue weighted by Gasteiger charge is 2.53. The van der Waals surface area contributed by atoms with Gasteiger partial charge < -0.3 is 26.7 Å². The lowest BCUT2D eigenvalue weighted by atomic mass is 9.89. The molecule has 0 unspecified atom stereocenters. The molecule has 0 fully saturated rings. The van der Waals surface area contributed by atoms with E-state index in [0.29, 0.717) is 25.9 Å². The Morgan fingerprint density at radius 2 is 1.27 bits per heavy atom. The van der Waals surface area contributed by atoms with Gasteiger partial charge in [0.1, 0.15) is 13.2 Å². The van der Waals surface area contributed by atoms with Crippen molar-refractivity contribution in [3.63, 3.8) is 0 Å². The summed E-state index contributed by atoms with van der Waals surface area (Å²) in [5.74, 6) is -1.84. The summed E-state index contributed by atoms with van der Waals surface area (Å²) in [6.45, 7) is 5.29. The van der Waals surface area contributed by atoms with Crippen LogP contribution in [0.15, 0.2) is 65.8 Å². The van der Waals surface area contributed by atoms with Gasteiger partial charge in [-0.05, 0) is 56.3 Å². The Kier molecular flexibility index (Phi) is 13.4. The van der Waals surface area contributed by atoms with Gasteiger partial charge in [0.05, 0.1) is 0 Å². The zero-order chi connectivity index (χ0) is 29.4. The maximum absolute atomic E-state index is 14.0. The molecule has 0 aromatic heterocycles. The van der Waals surface area contributed by atoms with Crippen molar-refractivity contribution < 1.29 is 19.1 Å². The highest BCUT2D eigenvalue weighted by Crippen LogP contribution is 2.29.